The van der Waals surface area contributed by atoms with Gasteiger partial charge >= 0.3 is 0 Å². The van der Waals surface area contributed by atoms with Crippen LogP contribution in [0.5, 0.6) is 0 Å². The van der Waals surface area contributed by atoms with Crippen molar-refractivity contribution in [2.24, 2.45) is 45.8 Å². The summed E-state index contributed by atoms with van der Waals surface area (Å²) >= 11 is 0. The highest BCUT2D eigenvalue weighted by molar-refractivity contribution is 5.31. The molecule has 4 aliphatic carbocycles. The van der Waals surface area contributed by atoms with Crippen LogP contribution in [0.15, 0.2) is 24.3 Å². The summed E-state index contributed by atoms with van der Waals surface area (Å²) < 4.78 is 0. The van der Waals surface area contributed by atoms with Crippen molar-refractivity contribution in [1.82, 2.24) is 0 Å². The van der Waals surface area contributed by atoms with E-state index in [1.165, 1.54) is 57.8 Å². The van der Waals surface area contributed by atoms with Crippen molar-refractivity contribution in [3.63, 3.8) is 0 Å². The van der Waals surface area contributed by atoms with Gasteiger partial charge in [-0.15, -0.1) is 6.58 Å². The Morgan fingerprint density at radius 1 is 1.07 bits per heavy atom. The second-order valence-electron chi connectivity index (χ2n) is 12.7. The van der Waals surface area contributed by atoms with Gasteiger partial charge in [0.15, 0.2) is 0 Å². The summed E-state index contributed by atoms with van der Waals surface area (Å²) in [7, 11) is 0. The molecule has 0 bridgehead atoms. The van der Waals surface area contributed by atoms with E-state index in [4.69, 9.17) is 0 Å². The Balaban J connectivity index is 1.60. The number of fused-ring (bicyclic) bond motifs is 5. The smallest absolute Gasteiger partial charge is 0.0577 e. The van der Waals surface area contributed by atoms with E-state index in [-0.39, 0.29) is 16.9 Å². The lowest BCUT2D eigenvalue weighted by molar-refractivity contribution is -0.0977. The van der Waals surface area contributed by atoms with Crippen LogP contribution in [0.25, 0.3) is 0 Å². The highest BCUT2D eigenvalue weighted by atomic mass is 16.3. The van der Waals surface area contributed by atoms with E-state index in [1.54, 1.807) is 5.57 Å². The molecule has 4 rings (SSSR count). The minimum absolute atomic E-state index is 0.114. The number of rotatable bonds is 6. The SMILES string of the molecule is C=C[C@@]12CC=C3C[C@@H](O)CC[C@]3(C)C1CC[C@]1(C)[C@@H]([C@H](C)CCCC(C)C)CC[C@H]12. The highest BCUT2D eigenvalue weighted by Gasteiger charge is 2.64. The molecule has 0 aliphatic heterocycles. The van der Waals surface area contributed by atoms with Crippen molar-refractivity contribution in [1.29, 1.82) is 0 Å². The van der Waals surface area contributed by atoms with Gasteiger partial charge in [-0.25, -0.2) is 0 Å². The van der Waals surface area contributed by atoms with E-state index < -0.39 is 0 Å². The Hall–Kier alpha value is -0.560. The molecular weight excluding hydrogens is 364 g/mol. The van der Waals surface area contributed by atoms with E-state index in [2.05, 4.69) is 53.3 Å². The first-order valence-electron chi connectivity index (χ1n) is 13.2. The molecule has 1 nitrogen and oxygen atoms in total. The molecule has 0 heterocycles. The zero-order valence-electron chi connectivity index (χ0n) is 20.6. The number of hydrogen-bond donors (Lipinski definition) is 1. The van der Waals surface area contributed by atoms with Crippen LogP contribution in [-0.4, -0.2) is 11.2 Å². The predicted octanol–water partition coefficient (Wildman–Crippen LogP) is 7.94. The molecule has 0 aromatic heterocycles. The van der Waals surface area contributed by atoms with Gasteiger partial charge in [-0.1, -0.05) is 71.6 Å². The fourth-order valence-electron chi connectivity index (χ4n) is 9.25. The van der Waals surface area contributed by atoms with Gasteiger partial charge < -0.3 is 5.11 Å². The first kappa shape index (κ1) is 22.6. The molecule has 3 fully saturated rings. The minimum Gasteiger partial charge on any atom is -0.393 e. The van der Waals surface area contributed by atoms with Crippen molar-refractivity contribution in [2.45, 2.75) is 111 Å². The molecule has 170 valence electrons. The van der Waals surface area contributed by atoms with Crippen molar-refractivity contribution >= 4 is 0 Å². The normalized spacial score (nSPS) is 46.6. The van der Waals surface area contributed by atoms with Crippen LogP contribution in [0.1, 0.15) is 105 Å². The Morgan fingerprint density at radius 3 is 2.53 bits per heavy atom. The number of allylic oxidation sites excluding steroid dienone is 2. The van der Waals surface area contributed by atoms with Gasteiger partial charge in [0, 0.05) is 0 Å². The first-order chi connectivity index (χ1) is 14.2. The molecule has 0 aromatic carbocycles. The van der Waals surface area contributed by atoms with Gasteiger partial charge in [0.2, 0.25) is 0 Å². The van der Waals surface area contributed by atoms with Crippen LogP contribution in [0.4, 0.5) is 0 Å². The first-order valence-corrected chi connectivity index (χ1v) is 13.2. The summed E-state index contributed by atoms with van der Waals surface area (Å²) in [5.41, 5.74) is 2.62. The Morgan fingerprint density at radius 2 is 1.83 bits per heavy atom. The second kappa shape index (κ2) is 8.09. The van der Waals surface area contributed by atoms with E-state index >= 15 is 0 Å². The average molecular weight is 413 g/mol. The van der Waals surface area contributed by atoms with Crippen LogP contribution >= 0.6 is 0 Å². The zero-order valence-corrected chi connectivity index (χ0v) is 20.6. The largest absolute Gasteiger partial charge is 0.393 e. The lowest BCUT2D eigenvalue weighted by Crippen LogP contribution is -2.56. The molecular formula is C29H48O. The molecule has 1 unspecified atom stereocenters. The third-order valence-corrected chi connectivity index (χ3v) is 10.8. The molecule has 0 aromatic rings. The summed E-state index contributed by atoms with van der Waals surface area (Å²) in [5.74, 6) is 4.09. The third kappa shape index (κ3) is 3.37. The Labute approximate surface area is 186 Å². The van der Waals surface area contributed by atoms with Crippen molar-refractivity contribution in [3.8, 4) is 0 Å². The number of aliphatic hydroxyl groups is 1. The molecule has 0 spiro atoms. The topological polar surface area (TPSA) is 20.2 Å². The summed E-state index contributed by atoms with van der Waals surface area (Å²) in [6, 6.07) is 0. The van der Waals surface area contributed by atoms with E-state index in [0.29, 0.717) is 5.41 Å². The zero-order chi connectivity index (χ0) is 21.7. The molecule has 0 saturated heterocycles. The lowest BCUT2D eigenvalue weighted by atomic mass is 9.41. The van der Waals surface area contributed by atoms with Crippen LogP contribution in [0.3, 0.4) is 0 Å². The fourth-order valence-corrected chi connectivity index (χ4v) is 9.25. The van der Waals surface area contributed by atoms with Gasteiger partial charge in [0.1, 0.15) is 0 Å². The summed E-state index contributed by atoms with van der Waals surface area (Å²) in [6.07, 6.45) is 18.9. The van der Waals surface area contributed by atoms with Crippen molar-refractivity contribution < 1.29 is 5.11 Å². The lowest BCUT2D eigenvalue weighted by Gasteiger charge is -2.63. The van der Waals surface area contributed by atoms with Crippen molar-refractivity contribution in [3.05, 3.63) is 24.3 Å². The summed E-state index contributed by atoms with van der Waals surface area (Å²) in [5, 5.41) is 10.3. The predicted molar refractivity (Wildman–Crippen MR) is 128 cm³/mol. The molecule has 4 aliphatic rings. The number of hydrogen-bond acceptors (Lipinski definition) is 1. The second-order valence-corrected chi connectivity index (χ2v) is 12.7. The molecule has 0 amide bonds. The third-order valence-electron chi connectivity index (χ3n) is 10.8. The maximum Gasteiger partial charge on any atom is 0.0577 e. The monoisotopic (exact) mass is 412 g/mol. The van der Waals surface area contributed by atoms with Crippen LogP contribution in [0.2, 0.25) is 0 Å². The highest BCUT2D eigenvalue weighted by Crippen LogP contribution is 2.72. The average Bonchev–Trinajstić information content (AvgIpc) is 3.06. The van der Waals surface area contributed by atoms with Gasteiger partial charge in [0.25, 0.3) is 0 Å². The summed E-state index contributed by atoms with van der Waals surface area (Å²) in [6.45, 7) is 17.0. The van der Waals surface area contributed by atoms with Gasteiger partial charge in [-0.2, -0.15) is 0 Å². The fraction of sp³-hybridized carbons (Fsp3) is 0.862. The maximum absolute atomic E-state index is 10.3. The van der Waals surface area contributed by atoms with Gasteiger partial charge in [-0.3, -0.25) is 0 Å². The van der Waals surface area contributed by atoms with Gasteiger partial charge in [0.05, 0.1) is 6.10 Å². The van der Waals surface area contributed by atoms with E-state index in [1.807, 2.05) is 0 Å². The maximum atomic E-state index is 10.3. The summed E-state index contributed by atoms with van der Waals surface area (Å²) in [4.78, 5) is 0. The number of aliphatic hydroxyl groups excluding tert-OH is 1. The molecule has 1 N–H and O–H groups in total. The Kier molecular flexibility index (Phi) is 6.10. The van der Waals surface area contributed by atoms with Crippen LogP contribution < -0.4 is 0 Å². The van der Waals surface area contributed by atoms with E-state index in [0.717, 1.165) is 42.4 Å². The Bertz CT molecular complexity index is 676. The van der Waals surface area contributed by atoms with E-state index in [9.17, 15) is 5.11 Å². The minimum atomic E-state index is -0.114. The standard InChI is InChI=1S/C29H48O/c1-7-29-18-13-22-19-23(30)14-16-27(22,5)26(29)15-17-28(6)24(11-12-25(28)29)21(4)10-8-9-20(2)3/h7,13,20-21,23-26,30H,1,8-12,14-19H2,2-6H3/t21-,23+,24-,25-,26?,27+,28-,29+/m1/s1. The van der Waals surface area contributed by atoms with Crippen molar-refractivity contribution in [2.75, 3.05) is 0 Å². The molecule has 30 heavy (non-hydrogen) atoms. The molecule has 3 saturated carbocycles. The van der Waals surface area contributed by atoms with Crippen LogP contribution in [0, 0.1) is 45.8 Å². The molecule has 1 heteroatoms. The molecule has 0 radical (unpaired) electrons. The quantitative estimate of drug-likeness (QED) is 0.439. The van der Waals surface area contributed by atoms with Crippen LogP contribution in [-0.2, 0) is 0 Å². The molecule has 8 atom stereocenters. The van der Waals surface area contributed by atoms with Gasteiger partial charge in [-0.05, 0) is 97.2 Å².